The lowest BCUT2D eigenvalue weighted by molar-refractivity contribution is -0.129. The van der Waals surface area contributed by atoms with Crippen molar-refractivity contribution in [2.45, 2.75) is 6.92 Å². The first kappa shape index (κ1) is 14.6. The molecule has 1 aromatic heterocycles. The number of nitrogens with zero attached hydrogens (tertiary/aromatic N) is 3. The van der Waals surface area contributed by atoms with Gasteiger partial charge >= 0.3 is 0 Å². The Kier molecular flexibility index (Phi) is 5.27. The Balaban J connectivity index is 2.79. The van der Waals surface area contributed by atoms with E-state index in [1.54, 1.807) is 26.2 Å². The first-order chi connectivity index (χ1) is 8.45. The van der Waals surface area contributed by atoms with E-state index in [0.29, 0.717) is 16.7 Å². The SMILES string of the molecule is CCN(CC(=O)N(C)C)C(=O)c1ccc(Br)nc1. The highest BCUT2D eigenvalue weighted by Crippen LogP contribution is 2.09. The van der Waals surface area contributed by atoms with E-state index >= 15 is 0 Å². The van der Waals surface area contributed by atoms with Crippen LogP contribution in [0.1, 0.15) is 17.3 Å². The van der Waals surface area contributed by atoms with Gasteiger partial charge in [0, 0.05) is 26.8 Å². The minimum absolute atomic E-state index is 0.0817. The molecular weight excluding hydrogens is 298 g/mol. The number of carbonyl (C=O) groups excluding carboxylic acids is 2. The molecule has 0 N–H and O–H groups in total. The third-order valence-electron chi connectivity index (χ3n) is 2.47. The Bertz CT molecular complexity index is 431. The van der Waals surface area contributed by atoms with E-state index in [1.165, 1.54) is 16.0 Å². The predicted octanol–water partition coefficient (Wildman–Crippen LogP) is 1.39. The van der Waals surface area contributed by atoms with Gasteiger partial charge in [0.05, 0.1) is 12.1 Å². The zero-order valence-electron chi connectivity index (χ0n) is 10.7. The summed E-state index contributed by atoms with van der Waals surface area (Å²) in [5.74, 6) is -0.289. The third kappa shape index (κ3) is 3.80. The normalized spacial score (nSPS) is 10.0. The second-order valence-corrected chi connectivity index (χ2v) is 4.79. The van der Waals surface area contributed by atoms with Gasteiger partial charge in [0.25, 0.3) is 5.91 Å². The van der Waals surface area contributed by atoms with Crippen LogP contribution >= 0.6 is 15.9 Å². The van der Waals surface area contributed by atoms with Crippen molar-refractivity contribution in [1.29, 1.82) is 0 Å². The molecule has 2 amide bonds. The summed E-state index contributed by atoms with van der Waals surface area (Å²) in [6.45, 7) is 2.40. The molecule has 0 saturated heterocycles. The predicted molar refractivity (Wildman–Crippen MR) is 72.2 cm³/mol. The standard InChI is InChI=1S/C12H16BrN3O2/c1-4-16(8-11(17)15(2)3)12(18)9-5-6-10(13)14-7-9/h5-7H,4,8H2,1-3H3. The molecule has 0 aromatic carbocycles. The van der Waals surface area contributed by atoms with E-state index in [1.807, 2.05) is 6.92 Å². The monoisotopic (exact) mass is 313 g/mol. The molecule has 0 spiro atoms. The number of pyridine rings is 1. The zero-order valence-corrected chi connectivity index (χ0v) is 12.3. The van der Waals surface area contributed by atoms with Gasteiger partial charge in [0.15, 0.2) is 0 Å². The highest BCUT2D eigenvalue weighted by molar-refractivity contribution is 9.10. The molecule has 5 nitrogen and oxygen atoms in total. The molecule has 1 aromatic rings. The third-order valence-corrected chi connectivity index (χ3v) is 2.94. The van der Waals surface area contributed by atoms with Crippen LogP contribution in [0.5, 0.6) is 0 Å². The van der Waals surface area contributed by atoms with Crippen molar-refractivity contribution in [3.05, 3.63) is 28.5 Å². The zero-order chi connectivity index (χ0) is 13.7. The van der Waals surface area contributed by atoms with Crippen LogP contribution in [0.3, 0.4) is 0 Å². The minimum atomic E-state index is -0.187. The summed E-state index contributed by atoms with van der Waals surface area (Å²) >= 11 is 3.21. The Morgan fingerprint density at radius 1 is 1.33 bits per heavy atom. The fourth-order valence-corrected chi connectivity index (χ4v) is 1.55. The van der Waals surface area contributed by atoms with Crippen molar-refractivity contribution in [3.8, 4) is 0 Å². The average Bonchev–Trinajstić information content (AvgIpc) is 2.35. The molecule has 0 fully saturated rings. The lowest BCUT2D eigenvalue weighted by Crippen LogP contribution is -2.40. The maximum atomic E-state index is 12.1. The number of rotatable bonds is 4. The van der Waals surface area contributed by atoms with Crippen LogP contribution in [-0.2, 0) is 4.79 Å². The van der Waals surface area contributed by atoms with Crippen molar-refractivity contribution >= 4 is 27.7 Å². The molecular formula is C12H16BrN3O2. The quantitative estimate of drug-likeness (QED) is 0.789. The largest absolute Gasteiger partial charge is 0.347 e. The van der Waals surface area contributed by atoms with Gasteiger partial charge < -0.3 is 9.80 Å². The van der Waals surface area contributed by atoms with Crippen LogP contribution in [0, 0.1) is 0 Å². The maximum Gasteiger partial charge on any atom is 0.255 e. The summed E-state index contributed by atoms with van der Waals surface area (Å²) in [5, 5.41) is 0. The molecule has 0 aliphatic heterocycles. The fraction of sp³-hybridized carbons (Fsp3) is 0.417. The summed E-state index contributed by atoms with van der Waals surface area (Å²) < 4.78 is 0.673. The lowest BCUT2D eigenvalue weighted by Gasteiger charge is -2.22. The molecule has 0 atom stereocenters. The summed E-state index contributed by atoms with van der Waals surface area (Å²) in [7, 11) is 3.34. The number of hydrogen-bond donors (Lipinski definition) is 0. The van der Waals surface area contributed by atoms with Crippen LogP contribution in [0.2, 0.25) is 0 Å². The molecule has 0 unspecified atom stereocenters. The minimum Gasteiger partial charge on any atom is -0.347 e. The Labute approximate surface area is 115 Å². The number of carbonyl (C=O) groups is 2. The van der Waals surface area contributed by atoms with Crippen LogP contribution in [0.15, 0.2) is 22.9 Å². The number of amides is 2. The van der Waals surface area contributed by atoms with Crippen molar-refractivity contribution in [2.24, 2.45) is 0 Å². The number of likely N-dealkylation sites (N-methyl/N-ethyl adjacent to an activating group) is 2. The highest BCUT2D eigenvalue weighted by Gasteiger charge is 2.18. The number of aromatic nitrogens is 1. The van der Waals surface area contributed by atoms with E-state index in [-0.39, 0.29) is 18.4 Å². The van der Waals surface area contributed by atoms with E-state index in [9.17, 15) is 9.59 Å². The molecule has 1 rings (SSSR count). The molecule has 1 heterocycles. The lowest BCUT2D eigenvalue weighted by atomic mass is 10.2. The van der Waals surface area contributed by atoms with Crippen LogP contribution in [0.25, 0.3) is 0 Å². The second-order valence-electron chi connectivity index (χ2n) is 3.98. The van der Waals surface area contributed by atoms with Gasteiger partial charge in [-0.1, -0.05) is 0 Å². The van der Waals surface area contributed by atoms with E-state index in [4.69, 9.17) is 0 Å². The number of halogens is 1. The Hall–Kier alpha value is -1.43. The van der Waals surface area contributed by atoms with Crippen LogP contribution < -0.4 is 0 Å². The van der Waals surface area contributed by atoms with Gasteiger partial charge in [0.1, 0.15) is 4.60 Å². The first-order valence-corrected chi connectivity index (χ1v) is 6.36. The van der Waals surface area contributed by atoms with E-state index in [0.717, 1.165) is 0 Å². The first-order valence-electron chi connectivity index (χ1n) is 5.56. The molecule has 0 radical (unpaired) electrons. The van der Waals surface area contributed by atoms with Gasteiger partial charge in [-0.15, -0.1) is 0 Å². The highest BCUT2D eigenvalue weighted by atomic mass is 79.9. The molecule has 0 saturated carbocycles. The van der Waals surface area contributed by atoms with Crippen molar-refractivity contribution in [1.82, 2.24) is 14.8 Å². The van der Waals surface area contributed by atoms with Gasteiger partial charge in [-0.25, -0.2) is 4.98 Å². The van der Waals surface area contributed by atoms with E-state index in [2.05, 4.69) is 20.9 Å². The Morgan fingerprint density at radius 2 is 2.00 bits per heavy atom. The van der Waals surface area contributed by atoms with Crippen molar-refractivity contribution < 1.29 is 9.59 Å². The summed E-state index contributed by atoms with van der Waals surface area (Å²) in [4.78, 5) is 30.7. The summed E-state index contributed by atoms with van der Waals surface area (Å²) in [6.07, 6.45) is 1.50. The molecule has 18 heavy (non-hydrogen) atoms. The van der Waals surface area contributed by atoms with Gasteiger partial charge in [-0.05, 0) is 35.0 Å². The summed E-state index contributed by atoms with van der Waals surface area (Å²) in [6, 6.07) is 3.39. The summed E-state index contributed by atoms with van der Waals surface area (Å²) in [5.41, 5.74) is 0.478. The Morgan fingerprint density at radius 3 is 2.44 bits per heavy atom. The van der Waals surface area contributed by atoms with E-state index < -0.39 is 0 Å². The van der Waals surface area contributed by atoms with Crippen molar-refractivity contribution in [3.63, 3.8) is 0 Å². The molecule has 0 aliphatic rings. The molecule has 0 bridgehead atoms. The topological polar surface area (TPSA) is 53.5 Å². The fourth-order valence-electron chi connectivity index (χ4n) is 1.32. The van der Waals surface area contributed by atoms with Crippen molar-refractivity contribution in [2.75, 3.05) is 27.2 Å². The van der Waals surface area contributed by atoms with Crippen LogP contribution in [0.4, 0.5) is 0 Å². The maximum absolute atomic E-state index is 12.1. The molecule has 98 valence electrons. The van der Waals surface area contributed by atoms with Crippen LogP contribution in [-0.4, -0.2) is 53.8 Å². The second kappa shape index (κ2) is 6.49. The molecule has 6 heteroatoms. The van der Waals surface area contributed by atoms with Gasteiger partial charge in [-0.3, -0.25) is 9.59 Å². The number of hydrogen-bond acceptors (Lipinski definition) is 3. The average molecular weight is 314 g/mol. The molecule has 0 aliphatic carbocycles. The van der Waals surface area contributed by atoms with Gasteiger partial charge in [-0.2, -0.15) is 0 Å². The smallest absolute Gasteiger partial charge is 0.255 e. The van der Waals surface area contributed by atoms with Gasteiger partial charge in [0.2, 0.25) is 5.91 Å².